The molecule has 24 heavy (non-hydrogen) atoms. The van der Waals surface area contributed by atoms with Gasteiger partial charge in [-0.05, 0) is 19.1 Å². The van der Waals surface area contributed by atoms with Crippen molar-refractivity contribution in [2.45, 2.75) is 25.0 Å². The molecule has 4 rings (SSSR count). The summed E-state index contributed by atoms with van der Waals surface area (Å²) in [5.74, 6) is -0.263. The van der Waals surface area contributed by atoms with Crippen LogP contribution in [0, 0.1) is 5.82 Å². The number of nitrogens with zero attached hydrogens (tertiary/aromatic N) is 3. The molecule has 1 aromatic heterocycles. The van der Waals surface area contributed by atoms with Crippen molar-refractivity contribution in [3.63, 3.8) is 0 Å². The molecule has 2 aliphatic heterocycles. The molecule has 7 heteroatoms. The molecule has 0 N–H and O–H groups in total. The Labute approximate surface area is 144 Å². The van der Waals surface area contributed by atoms with E-state index in [2.05, 4.69) is 22.0 Å². The molecular formula is C17H20FN3O2S. The van der Waals surface area contributed by atoms with Crippen molar-refractivity contribution < 1.29 is 13.9 Å². The highest BCUT2D eigenvalue weighted by atomic mass is 32.1. The molecule has 2 atom stereocenters. The first-order valence-electron chi connectivity index (χ1n) is 8.21. The zero-order valence-electron chi connectivity index (χ0n) is 13.6. The van der Waals surface area contributed by atoms with Crippen LogP contribution in [0.1, 0.15) is 24.4 Å². The number of aromatic nitrogens is 2. The maximum Gasteiger partial charge on any atom is 0.150 e. The lowest BCUT2D eigenvalue weighted by molar-refractivity contribution is -0.117. The second-order valence-electron chi connectivity index (χ2n) is 6.41. The summed E-state index contributed by atoms with van der Waals surface area (Å²) >= 11 is 1.46. The minimum absolute atomic E-state index is 0.129. The van der Waals surface area contributed by atoms with Gasteiger partial charge in [-0.15, -0.1) is 10.2 Å². The van der Waals surface area contributed by atoms with Gasteiger partial charge >= 0.3 is 0 Å². The van der Waals surface area contributed by atoms with E-state index >= 15 is 0 Å². The zero-order valence-corrected chi connectivity index (χ0v) is 14.4. The van der Waals surface area contributed by atoms with Gasteiger partial charge in [-0.1, -0.05) is 23.5 Å². The smallest absolute Gasteiger partial charge is 0.150 e. The van der Waals surface area contributed by atoms with Gasteiger partial charge in [0, 0.05) is 31.7 Å². The van der Waals surface area contributed by atoms with E-state index in [9.17, 15) is 4.39 Å². The topological polar surface area (TPSA) is 47.5 Å². The molecule has 128 valence electrons. The minimum atomic E-state index is -0.263. The molecule has 2 aromatic rings. The van der Waals surface area contributed by atoms with Crippen molar-refractivity contribution in [2.24, 2.45) is 0 Å². The predicted octanol–water partition coefficient (Wildman–Crippen LogP) is 2.90. The van der Waals surface area contributed by atoms with Crippen LogP contribution in [0.3, 0.4) is 0 Å². The summed E-state index contributed by atoms with van der Waals surface area (Å²) in [5.41, 5.74) is 0.335. The molecule has 0 saturated carbocycles. The number of rotatable bonds is 3. The van der Waals surface area contributed by atoms with Gasteiger partial charge in [0.1, 0.15) is 16.4 Å². The highest BCUT2D eigenvalue weighted by molar-refractivity contribution is 7.14. The molecule has 1 aromatic carbocycles. The maximum atomic E-state index is 13.9. The number of morpholine rings is 1. The Bertz CT molecular complexity index is 717. The minimum Gasteiger partial charge on any atom is -0.378 e. The third kappa shape index (κ3) is 2.97. The molecular weight excluding hydrogens is 329 g/mol. The van der Waals surface area contributed by atoms with Crippen LogP contribution >= 0.6 is 11.3 Å². The second kappa shape index (κ2) is 6.48. The van der Waals surface area contributed by atoms with Gasteiger partial charge in [-0.25, -0.2) is 4.39 Å². The number of ether oxygens (including phenoxy) is 2. The first-order chi connectivity index (χ1) is 11.7. The van der Waals surface area contributed by atoms with E-state index in [1.54, 1.807) is 12.1 Å². The first kappa shape index (κ1) is 16.1. The summed E-state index contributed by atoms with van der Waals surface area (Å²) in [5, 5.41) is 10.0. The van der Waals surface area contributed by atoms with Crippen molar-refractivity contribution in [1.29, 1.82) is 0 Å². The Kier molecular flexibility index (Phi) is 4.34. The normalized spacial score (nSPS) is 26.1. The molecule has 0 aliphatic carbocycles. The van der Waals surface area contributed by atoms with Crippen LogP contribution in [-0.4, -0.2) is 53.6 Å². The Morgan fingerprint density at radius 3 is 2.96 bits per heavy atom. The Morgan fingerprint density at radius 1 is 1.29 bits per heavy atom. The van der Waals surface area contributed by atoms with Gasteiger partial charge in [0.2, 0.25) is 0 Å². The van der Waals surface area contributed by atoms with Crippen molar-refractivity contribution >= 4 is 11.3 Å². The fourth-order valence-corrected chi connectivity index (χ4v) is 4.29. The molecule has 0 amide bonds. The lowest BCUT2D eigenvalue weighted by Gasteiger charge is -2.41. The van der Waals surface area contributed by atoms with Crippen molar-refractivity contribution in [2.75, 3.05) is 32.9 Å². The van der Waals surface area contributed by atoms with E-state index in [1.807, 2.05) is 6.07 Å². The average molecular weight is 349 g/mol. The number of hydrogen-bond acceptors (Lipinski definition) is 6. The fraction of sp³-hybridized carbons (Fsp3) is 0.529. The third-order valence-corrected chi connectivity index (χ3v) is 5.92. The van der Waals surface area contributed by atoms with Crippen LogP contribution < -0.4 is 0 Å². The van der Waals surface area contributed by atoms with Gasteiger partial charge < -0.3 is 9.47 Å². The Hall–Kier alpha value is -1.41. The summed E-state index contributed by atoms with van der Waals surface area (Å²) in [7, 11) is 0. The molecule has 3 heterocycles. The highest BCUT2D eigenvalue weighted by Gasteiger charge is 2.42. The molecule has 1 spiro atoms. The molecule has 2 saturated heterocycles. The van der Waals surface area contributed by atoms with Crippen molar-refractivity contribution in [3.05, 3.63) is 35.1 Å². The molecule has 2 aliphatic rings. The lowest BCUT2D eigenvalue weighted by Crippen LogP contribution is -2.52. The van der Waals surface area contributed by atoms with Crippen LogP contribution in [0.2, 0.25) is 0 Å². The van der Waals surface area contributed by atoms with Crippen LogP contribution in [0.4, 0.5) is 4.39 Å². The van der Waals surface area contributed by atoms with Gasteiger partial charge in [-0.2, -0.15) is 0 Å². The monoisotopic (exact) mass is 349 g/mol. The first-order valence-corrected chi connectivity index (χ1v) is 9.03. The zero-order chi connectivity index (χ0) is 16.6. The van der Waals surface area contributed by atoms with Crippen molar-refractivity contribution in [3.8, 4) is 10.6 Å². The molecule has 0 radical (unpaired) electrons. The largest absolute Gasteiger partial charge is 0.378 e. The van der Waals surface area contributed by atoms with Gasteiger partial charge in [0.25, 0.3) is 0 Å². The van der Waals surface area contributed by atoms with Crippen molar-refractivity contribution in [1.82, 2.24) is 15.1 Å². The summed E-state index contributed by atoms with van der Waals surface area (Å²) in [6.45, 7) is 5.94. The molecule has 0 bridgehead atoms. The number of halogens is 1. The highest BCUT2D eigenvalue weighted by Crippen LogP contribution is 2.34. The number of benzene rings is 1. The fourth-order valence-electron chi connectivity index (χ4n) is 3.33. The Balaban J connectivity index is 1.53. The lowest BCUT2D eigenvalue weighted by atomic mass is 10.00. The van der Waals surface area contributed by atoms with Crippen LogP contribution in [0.25, 0.3) is 10.6 Å². The molecule has 5 nitrogen and oxygen atoms in total. The standard InChI is InChI=1S/C17H20FN3O2S/c1-12(21-7-9-23-17(10-21)6-8-22-11-17)15-19-20-16(24-15)13-4-2-3-5-14(13)18/h2-5,12H,6-11H2,1H3. The van der Waals surface area contributed by atoms with E-state index in [0.717, 1.165) is 31.1 Å². The van der Waals surface area contributed by atoms with E-state index < -0.39 is 0 Å². The van der Waals surface area contributed by atoms with E-state index in [4.69, 9.17) is 9.47 Å². The van der Waals surface area contributed by atoms with Gasteiger partial charge in [0.05, 0.1) is 19.3 Å². The molecule has 2 fully saturated rings. The summed E-state index contributed by atoms with van der Waals surface area (Å²) in [4.78, 5) is 2.36. The van der Waals surface area contributed by atoms with Crippen LogP contribution in [0.5, 0.6) is 0 Å². The van der Waals surface area contributed by atoms with Crippen LogP contribution in [-0.2, 0) is 9.47 Å². The SMILES string of the molecule is CC(c1nnc(-c2ccccc2F)s1)N1CCOC2(CCOC2)C1. The number of hydrogen-bond donors (Lipinski definition) is 0. The summed E-state index contributed by atoms with van der Waals surface area (Å²) in [6, 6.07) is 6.81. The summed E-state index contributed by atoms with van der Waals surface area (Å²) in [6.07, 6.45) is 0.937. The maximum absolute atomic E-state index is 13.9. The molecule has 2 unspecified atom stereocenters. The predicted molar refractivity (Wildman–Crippen MR) is 89.4 cm³/mol. The van der Waals surface area contributed by atoms with E-state index in [1.165, 1.54) is 17.4 Å². The quantitative estimate of drug-likeness (QED) is 0.853. The Morgan fingerprint density at radius 2 is 2.17 bits per heavy atom. The van der Waals surface area contributed by atoms with Gasteiger partial charge in [0.15, 0.2) is 5.01 Å². The summed E-state index contributed by atoms with van der Waals surface area (Å²) < 4.78 is 25.5. The third-order valence-electron chi connectivity index (χ3n) is 4.80. The second-order valence-corrected chi connectivity index (χ2v) is 7.41. The van der Waals surface area contributed by atoms with E-state index in [-0.39, 0.29) is 17.5 Å². The average Bonchev–Trinajstić information content (AvgIpc) is 3.25. The van der Waals surface area contributed by atoms with Gasteiger partial charge in [-0.3, -0.25) is 4.90 Å². The van der Waals surface area contributed by atoms with Crippen LogP contribution in [0.15, 0.2) is 24.3 Å². The van der Waals surface area contributed by atoms with E-state index in [0.29, 0.717) is 23.8 Å².